The number of nitrogens with zero attached hydrogens (tertiary/aromatic N) is 3. The fraction of sp³-hybridized carbons (Fsp3) is 0.444. The number of sulfone groups is 1. The van der Waals surface area contributed by atoms with E-state index in [0.717, 1.165) is 26.2 Å². The van der Waals surface area contributed by atoms with E-state index in [-0.39, 0.29) is 23.0 Å². The molecular formula is C18H22ClN3O3S2. The third kappa shape index (κ3) is 4.87. The Hall–Kier alpha value is -1.48. The summed E-state index contributed by atoms with van der Waals surface area (Å²) in [4.78, 5) is 21.0. The average Bonchev–Trinajstić information content (AvgIpc) is 3.03. The highest BCUT2D eigenvalue weighted by atomic mass is 35.5. The third-order valence-electron chi connectivity index (χ3n) is 4.65. The molecule has 1 aliphatic rings. The van der Waals surface area contributed by atoms with Gasteiger partial charge in [-0.1, -0.05) is 17.7 Å². The van der Waals surface area contributed by atoms with Crippen LogP contribution >= 0.6 is 22.9 Å². The summed E-state index contributed by atoms with van der Waals surface area (Å²) in [6, 6.07) is 4.85. The van der Waals surface area contributed by atoms with Crippen LogP contribution in [0.4, 0.5) is 0 Å². The van der Waals surface area contributed by atoms with Gasteiger partial charge in [0.2, 0.25) is 5.91 Å². The first-order chi connectivity index (χ1) is 12.8. The van der Waals surface area contributed by atoms with Crippen molar-refractivity contribution in [1.29, 1.82) is 0 Å². The van der Waals surface area contributed by atoms with Crippen LogP contribution in [-0.4, -0.2) is 62.3 Å². The first-order valence-corrected chi connectivity index (χ1v) is 11.5. The zero-order valence-electron chi connectivity index (χ0n) is 15.3. The molecule has 1 aliphatic heterocycles. The van der Waals surface area contributed by atoms with Gasteiger partial charge in [-0.15, -0.1) is 11.3 Å². The SMILES string of the molecule is Cc1c(Cl)cccc1S(=O)(=O)Cc1nc(CC(=O)N2CCN(C)CC2)cs1. The summed E-state index contributed by atoms with van der Waals surface area (Å²) in [5.74, 6) is -0.157. The molecule has 3 rings (SSSR count). The van der Waals surface area contributed by atoms with Gasteiger partial charge < -0.3 is 9.80 Å². The van der Waals surface area contributed by atoms with E-state index in [1.165, 1.54) is 11.3 Å². The molecule has 1 aromatic carbocycles. The monoisotopic (exact) mass is 427 g/mol. The van der Waals surface area contributed by atoms with Crippen LogP contribution in [0, 0.1) is 6.92 Å². The molecule has 1 saturated heterocycles. The number of hydrogen-bond acceptors (Lipinski definition) is 6. The number of carbonyl (C=O) groups excluding carboxylic acids is 1. The minimum atomic E-state index is -3.55. The standard InChI is InChI=1S/C18H22ClN3O3S2/c1-13-15(19)4-3-5-16(13)27(24,25)12-17-20-14(11-26-17)10-18(23)22-8-6-21(2)7-9-22/h3-5,11H,6-10,12H2,1-2H3. The number of rotatable bonds is 5. The molecule has 0 atom stereocenters. The Bertz CT molecular complexity index is 935. The molecule has 1 fully saturated rings. The van der Waals surface area contributed by atoms with Crippen molar-refractivity contribution < 1.29 is 13.2 Å². The minimum Gasteiger partial charge on any atom is -0.340 e. The number of amides is 1. The number of likely N-dealkylation sites (N-methyl/N-ethyl adjacent to an activating group) is 1. The van der Waals surface area contributed by atoms with Crippen LogP contribution in [0.5, 0.6) is 0 Å². The summed E-state index contributed by atoms with van der Waals surface area (Å²) in [6.45, 7) is 4.86. The van der Waals surface area contributed by atoms with Gasteiger partial charge in [0.05, 0.1) is 17.0 Å². The first kappa shape index (κ1) is 20.3. The van der Waals surface area contributed by atoms with Crippen molar-refractivity contribution in [2.75, 3.05) is 33.2 Å². The summed E-state index contributed by atoms with van der Waals surface area (Å²) in [5.41, 5.74) is 1.16. The molecule has 2 heterocycles. The largest absolute Gasteiger partial charge is 0.340 e. The number of aromatic nitrogens is 1. The van der Waals surface area contributed by atoms with E-state index in [1.54, 1.807) is 30.5 Å². The lowest BCUT2D eigenvalue weighted by Crippen LogP contribution is -2.47. The molecule has 0 radical (unpaired) electrons. The summed E-state index contributed by atoms with van der Waals surface area (Å²) in [7, 11) is -1.51. The Labute approximate surface area is 168 Å². The number of thiazole rings is 1. The fourth-order valence-corrected chi connectivity index (χ4v) is 5.94. The van der Waals surface area contributed by atoms with Crippen LogP contribution in [0.3, 0.4) is 0 Å². The van der Waals surface area contributed by atoms with E-state index in [0.29, 0.717) is 21.3 Å². The summed E-state index contributed by atoms with van der Waals surface area (Å²) >= 11 is 7.31. The normalized spacial score (nSPS) is 15.9. The summed E-state index contributed by atoms with van der Waals surface area (Å²) in [6.07, 6.45) is 0.205. The van der Waals surface area contributed by atoms with Gasteiger partial charge in [0.25, 0.3) is 0 Å². The number of carbonyl (C=O) groups is 1. The highest BCUT2D eigenvalue weighted by Crippen LogP contribution is 2.26. The molecule has 0 saturated carbocycles. The van der Waals surface area contributed by atoms with Crippen LogP contribution in [0.15, 0.2) is 28.5 Å². The second-order valence-electron chi connectivity index (χ2n) is 6.72. The number of halogens is 1. The van der Waals surface area contributed by atoms with Gasteiger partial charge in [-0.3, -0.25) is 4.79 Å². The van der Waals surface area contributed by atoms with E-state index in [2.05, 4.69) is 9.88 Å². The smallest absolute Gasteiger partial charge is 0.228 e. The van der Waals surface area contributed by atoms with Gasteiger partial charge in [0.15, 0.2) is 9.84 Å². The van der Waals surface area contributed by atoms with Crippen molar-refractivity contribution in [1.82, 2.24) is 14.8 Å². The second kappa shape index (κ2) is 8.26. The molecule has 0 N–H and O–H groups in total. The molecule has 0 unspecified atom stereocenters. The van der Waals surface area contributed by atoms with E-state index in [9.17, 15) is 13.2 Å². The van der Waals surface area contributed by atoms with E-state index in [4.69, 9.17) is 11.6 Å². The molecule has 9 heteroatoms. The Kier molecular flexibility index (Phi) is 6.20. The predicted octanol–water partition coefficient (Wildman–Crippen LogP) is 2.40. The fourth-order valence-electron chi connectivity index (χ4n) is 2.98. The molecular weight excluding hydrogens is 406 g/mol. The molecule has 146 valence electrons. The quantitative estimate of drug-likeness (QED) is 0.732. The lowest BCUT2D eigenvalue weighted by atomic mass is 10.2. The van der Waals surface area contributed by atoms with Crippen LogP contribution in [0.2, 0.25) is 5.02 Å². The van der Waals surface area contributed by atoms with Crippen LogP contribution < -0.4 is 0 Å². The highest BCUT2D eigenvalue weighted by Gasteiger charge is 2.23. The molecule has 0 spiro atoms. The molecule has 27 heavy (non-hydrogen) atoms. The molecule has 6 nitrogen and oxygen atoms in total. The minimum absolute atomic E-state index is 0.0356. The second-order valence-corrected chi connectivity index (χ2v) is 10.0. The van der Waals surface area contributed by atoms with Crippen molar-refractivity contribution in [3.8, 4) is 0 Å². The van der Waals surface area contributed by atoms with Crippen LogP contribution in [0.25, 0.3) is 0 Å². The number of hydrogen-bond donors (Lipinski definition) is 0. The van der Waals surface area contributed by atoms with Gasteiger partial charge >= 0.3 is 0 Å². The van der Waals surface area contributed by atoms with Crippen molar-refractivity contribution in [3.05, 3.63) is 44.9 Å². The molecule has 0 bridgehead atoms. The molecule has 1 aromatic heterocycles. The Morgan fingerprint density at radius 2 is 1.96 bits per heavy atom. The third-order valence-corrected chi connectivity index (χ3v) is 7.91. The lowest BCUT2D eigenvalue weighted by molar-refractivity contribution is -0.132. The van der Waals surface area contributed by atoms with Gasteiger partial charge in [0, 0.05) is 36.6 Å². The van der Waals surface area contributed by atoms with Crippen molar-refractivity contribution in [2.45, 2.75) is 24.0 Å². The Morgan fingerprint density at radius 3 is 2.67 bits per heavy atom. The van der Waals surface area contributed by atoms with E-state index in [1.807, 2.05) is 11.9 Å². The lowest BCUT2D eigenvalue weighted by Gasteiger charge is -2.32. The van der Waals surface area contributed by atoms with Gasteiger partial charge in [0.1, 0.15) is 10.8 Å². The number of benzene rings is 1. The molecule has 1 amide bonds. The van der Waals surface area contributed by atoms with Crippen molar-refractivity contribution >= 4 is 38.7 Å². The summed E-state index contributed by atoms with van der Waals surface area (Å²) in [5, 5.41) is 2.67. The maximum atomic E-state index is 12.7. The zero-order valence-corrected chi connectivity index (χ0v) is 17.7. The van der Waals surface area contributed by atoms with Gasteiger partial charge in [-0.2, -0.15) is 0 Å². The van der Waals surface area contributed by atoms with Gasteiger partial charge in [-0.25, -0.2) is 13.4 Å². The summed E-state index contributed by atoms with van der Waals surface area (Å²) < 4.78 is 25.4. The van der Waals surface area contributed by atoms with Crippen LogP contribution in [-0.2, 0) is 26.8 Å². The predicted molar refractivity (Wildman–Crippen MR) is 107 cm³/mol. The average molecular weight is 428 g/mol. The van der Waals surface area contributed by atoms with Crippen molar-refractivity contribution in [3.63, 3.8) is 0 Å². The number of piperazine rings is 1. The topological polar surface area (TPSA) is 70.6 Å². The van der Waals surface area contributed by atoms with Crippen molar-refractivity contribution in [2.24, 2.45) is 0 Å². The van der Waals surface area contributed by atoms with Crippen LogP contribution in [0.1, 0.15) is 16.3 Å². The highest BCUT2D eigenvalue weighted by molar-refractivity contribution is 7.90. The van der Waals surface area contributed by atoms with E-state index >= 15 is 0 Å². The molecule has 0 aliphatic carbocycles. The first-order valence-electron chi connectivity index (χ1n) is 8.64. The Morgan fingerprint density at radius 1 is 1.26 bits per heavy atom. The maximum absolute atomic E-state index is 12.7. The zero-order chi connectivity index (χ0) is 19.6. The maximum Gasteiger partial charge on any atom is 0.228 e. The molecule has 2 aromatic rings. The van der Waals surface area contributed by atoms with Gasteiger partial charge in [-0.05, 0) is 31.7 Å². The van der Waals surface area contributed by atoms with E-state index < -0.39 is 9.84 Å². The Balaban J connectivity index is 1.67.